The Morgan fingerprint density at radius 3 is 2.73 bits per heavy atom. The Hall–Kier alpha value is -2.08. The van der Waals surface area contributed by atoms with Crippen LogP contribution in [-0.4, -0.2) is 51.7 Å². The number of carbonyl (C=O) groups excluding carboxylic acids is 1. The Balaban J connectivity index is 1.56. The number of hydrogen-bond acceptors (Lipinski definition) is 5. The summed E-state index contributed by atoms with van der Waals surface area (Å²) in [5.41, 5.74) is 1.47. The van der Waals surface area contributed by atoms with Crippen molar-refractivity contribution in [3.8, 4) is 0 Å². The minimum absolute atomic E-state index is 0.197. The summed E-state index contributed by atoms with van der Waals surface area (Å²) in [6, 6.07) is 6.61. The normalized spacial score (nSPS) is 22.8. The zero-order chi connectivity index (χ0) is 18.5. The van der Waals surface area contributed by atoms with Crippen LogP contribution in [-0.2, 0) is 4.74 Å². The quantitative estimate of drug-likeness (QED) is 0.709. The molecule has 26 heavy (non-hydrogen) atoms. The third kappa shape index (κ3) is 3.07. The number of aromatic nitrogens is 2. The van der Waals surface area contributed by atoms with E-state index in [1.54, 1.807) is 0 Å². The molecule has 2 atom stereocenters. The van der Waals surface area contributed by atoms with Gasteiger partial charge in [-0.25, -0.2) is 14.8 Å². The minimum Gasteiger partial charge on any atom is -0.444 e. The van der Waals surface area contributed by atoms with Gasteiger partial charge in [0.05, 0.1) is 17.6 Å². The molecule has 0 spiro atoms. The fourth-order valence-corrected chi connectivity index (χ4v) is 4.24. The van der Waals surface area contributed by atoms with Crippen LogP contribution in [0, 0.1) is 0 Å². The van der Waals surface area contributed by atoms with Gasteiger partial charge < -0.3 is 14.5 Å². The van der Waals surface area contributed by atoms with Crippen molar-refractivity contribution in [1.29, 1.82) is 0 Å². The highest BCUT2D eigenvalue weighted by atomic mass is 35.5. The largest absolute Gasteiger partial charge is 0.444 e. The van der Waals surface area contributed by atoms with Crippen LogP contribution in [0.2, 0.25) is 5.15 Å². The van der Waals surface area contributed by atoms with Crippen LogP contribution in [0.25, 0.3) is 10.9 Å². The van der Waals surface area contributed by atoms with E-state index in [4.69, 9.17) is 16.3 Å². The number of rotatable bonds is 1. The van der Waals surface area contributed by atoms with Gasteiger partial charge in [-0.3, -0.25) is 0 Å². The molecule has 2 aromatic rings. The number of halogens is 1. The Kier molecular flexibility index (Phi) is 4.18. The molecule has 6 nitrogen and oxygen atoms in total. The number of fused-ring (bicyclic) bond motifs is 2. The maximum atomic E-state index is 12.5. The summed E-state index contributed by atoms with van der Waals surface area (Å²) in [7, 11) is 0. The summed E-state index contributed by atoms with van der Waals surface area (Å²) in [6.45, 7) is 7.35. The molecule has 4 rings (SSSR count). The highest BCUT2D eigenvalue weighted by Gasteiger charge is 2.45. The molecule has 2 aliphatic heterocycles. The van der Waals surface area contributed by atoms with E-state index in [0.29, 0.717) is 11.2 Å². The Morgan fingerprint density at radius 1 is 1.19 bits per heavy atom. The molecule has 2 aliphatic rings. The van der Waals surface area contributed by atoms with Crippen LogP contribution >= 0.6 is 11.6 Å². The van der Waals surface area contributed by atoms with Crippen molar-refractivity contribution >= 4 is 34.3 Å². The van der Waals surface area contributed by atoms with E-state index in [2.05, 4.69) is 27.0 Å². The lowest BCUT2D eigenvalue weighted by atomic mass is 10.1. The van der Waals surface area contributed by atoms with Crippen molar-refractivity contribution in [1.82, 2.24) is 14.9 Å². The molecular formula is C19H23ClN4O2. The SMILES string of the molecule is CC(C)(C)OC(=O)N1CCC2C1CCN2c1ccc2ncnc(Cl)c2c1. The zero-order valence-electron chi connectivity index (χ0n) is 15.3. The molecule has 2 fully saturated rings. The van der Waals surface area contributed by atoms with Crippen LogP contribution < -0.4 is 4.90 Å². The van der Waals surface area contributed by atoms with Crippen LogP contribution in [0.4, 0.5) is 10.5 Å². The lowest BCUT2D eigenvalue weighted by molar-refractivity contribution is 0.0228. The van der Waals surface area contributed by atoms with Gasteiger partial charge in [0.25, 0.3) is 0 Å². The second kappa shape index (κ2) is 6.27. The van der Waals surface area contributed by atoms with Crippen LogP contribution in [0.15, 0.2) is 24.5 Å². The van der Waals surface area contributed by atoms with Crippen LogP contribution in [0.5, 0.6) is 0 Å². The number of hydrogen-bond donors (Lipinski definition) is 0. The standard InChI is InChI=1S/C19H23ClN4O2/c1-19(2,3)26-18(25)24-9-7-15-16(24)6-8-23(15)12-4-5-14-13(10-12)17(20)22-11-21-14/h4-5,10-11,15-16H,6-9H2,1-3H3. The van der Waals surface area contributed by atoms with Crippen molar-refractivity contribution in [3.05, 3.63) is 29.7 Å². The maximum Gasteiger partial charge on any atom is 0.410 e. The highest BCUT2D eigenvalue weighted by Crippen LogP contribution is 2.37. The van der Waals surface area contributed by atoms with E-state index in [9.17, 15) is 4.79 Å². The lowest BCUT2D eigenvalue weighted by Crippen LogP contribution is -2.42. The van der Waals surface area contributed by atoms with Gasteiger partial charge >= 0.3 is 6.09 Å². The number of anilines is 1. The van der Waals surface area contributed by atoms with E-state index in [0.717, 1.165) is 42.5 Å². The van der Waals surface area contributed by atoms with E-state index >= 15 is 0 Å². The Labute approximate surface area is 158 Å². The van der Waals surface area contributed by atoms with Gasteiger partial charge in [0.2, 0.25) is 0 Å². The number of likely N-dealkylation sites (tertiary alicyclic amines) is 1. The lowest BCUT2D eigenvalue weighted by Gasteiger charge is -2.29. The van der Waals surface area contributed by atoms with Crippen LogP contribution in [0.1, 0.15) is 33.6 Å². The fourth-order valence-electron chi connectivity index (χ4n) is 4.05. The molecule has 3 heterocycles. The maximum absolute atomic E-state index is 12.5. The Morgan fingerprint density at radius 2 is 1.96 bits per heavy atom. The smallest absolute Gasteiger partial charge is 0.410 e. The molecule has 7 heteroatoms. The molecule has 0 N–H and O–H groups in total. The second-order valence-electron chi connectivity index (χ2n) is 7.95. The second-order valence-corrected chi connectivity index (χ2v) is 8.30. The van der Waals surface area contributed by atoms with Gasteiger partial charge in [0.15, 0.2) is 0 Å². The monoisotopic (exact) mass is 374 g/mol. The van der Waals surface area contributed by atoms with Gasteiger partial charge in [0.1, 0.15) is 17.1 Å². The first-order chi connectivity index (χ1) is 12.3. The summed E-state index contributed by atoms with van der Waals surface area (Å²) in [5, 5.41) is 1.33. The average Bonchev–Trinajstić information content (AvgIpc) is 3.15. The first-order valence-corrected chi connectivity index (χ1v) is 9.38. The molecule has 2 unspecified atom stereocenters. The predicted octanol–water partition coefficient (Wildman–Crippen LogP) is 3.87. The molecule has 1 amide bonds. The third-order valence-corrected chi connectivity index (χ3v) is 5.41. The molecule has 0 aliphatic carbocycles. The number of nitrogens with zero attached hydrogens (tertiary/aromatic N) is 4. The van der Waals surface area contributed by atoms with Crippen molar-refractivity contribution in [2.75, 3.05) is 18.0 Å². The van der Waals surface area contributed by atoms with Gasteiger partial charge in [-0.2, -0.15) is 0 Å². The molecule has 0 radical (unpaired) electrons. The molecule has 138 valence electrons. The Bertz CT molecular complexity index is 851. The fraction of sp³-hybridized carbons (Fsp3) is 0.526. The molecule has 1 aromatic carbocycles. The first kappa shape index (κ1) is 17.3. The number of carbonyl (C=O) groups is 1. The van der Waals surface area contributed by atoms with Gasteiger partial charge in [-0.05, 0) is 51.8 Å². The van der Waals surface area contributed by atoms with Crippen molar-refractivity contribution in [2.45, 2.75) is 51.3 Å². The highest BCUT2D eigenvalue weighted by molar-refractivity contribution is 6.34. The number of benzene rings is 1. The molecular weight excluding hydrogens is 352 g/mol. The van der Waals surface area contributed by atoms with E-state index in [1.165, 1.54) is 6.33 Å². The molecule has 2 saturated heterocycles. The summed E-state index contributed by atoms with van der Waals surface area (Å²) < 4.78 is 5.58. The average molecular weight is 375 g/mol. The summed E-state index contributed by atoms with van der Waals surface area (Å²) >= 11 is 6.23. The van der Waals surface area contributed by atoms with Crippen molar-refractivity contribution < 1.29 is 9.53 Å². The van der Waals surface area contributed by atoms with E-state index in [-0.39, 0.29) is 12.1 Å². The van der Waals surface area contributed by atoms with Gasteiger partial charge in [0, 0.05) is 24.2 Å². The summed E-state index contributed by atoms with van der Waals surface area (Å²) in [6.07, 6.45) is 3.16. The topological polar surface area (TPSA) is 58.6 Å². The molecule has 0 saturated carbocycles. The summed E-state index contributed by atoms with van der Waals surface area (Å²) in [5.74, 6) is 0. The van der Waals surface area contributed by atoms with E-state index < -0.39 is 5.60 Å². The number of ether oxygens (including phenoxy) is 1. The molecule has 0 bridgehead atoms. The first-order valence-electron chi connectivity index (χ1n) is 9.00. The van der Waals surface area contributed by atoms with Gasteiger partial charge in [-0.15, -0.1) is 0 Å². The van der Waals surface area contributed by atoms with Crippen molar-refractivity contribution in [2.24, 2.45) is 0 Å². The van der Waals surface area contributed by atoms with E-state index in [1.807, 2.05) is 31.7 Å². The third-order valence-electron chi connectivity index (χ3n) is 5.11. The van der Waals surface area contributed by atoms with Crippen LogP contribution in [0.3, 0.4) is 0 Å². The zero-order valence-corrected chi connectivity index (χ0v) is 16.0. The predicted molar refractivity (Wildman–Crippen MR) is 102 cm³/mol. The summed E-state index contributed by atoms with van der Waals surface area (Å²) in [4.78, 5) is 25.1. The minimum atomic E-state index is -0.470. The number of amides is 1. The van der Waals surface area contributed by atoms with Gasteiger partial charge in [-0.1, -0.05) is 11.6 Å². The molecule has 1 aromatic heterocycles. The van der Waals surface area contributed by atoms with Crippen molar-refractivity contribution in [3.63, 3.8) is 0 Å².